The Kier molecular flexibility index (Phi) is 3.75. The second kappa shape index (κ2) is 4.62. The van der Waals surface area contributed by atoms with Crippen molar-refractivity contribution in [3.63, 3.8) is 0 Å². The lowest BCUT2D eigenvalue weighted by Crippen LogP contribution is -2.01. The number of hydrogen-bond donors (Lipinski definition) is 0. The molecule has 1 aromatic rings. The predicted octanol–water partition coefficient (Wildman–Crippen LogP) is 2.82. The molecular weight excluding hydrogens is 240 g/mol. The van der Waals surface area contributed by atoms with Gasteiger partial charge in [-0.05, 0) is 19.1 Å². The Labute approximate surface area is 83.7 Å². The summed E-state index contributed by atoms with van der Waals surface area (Å²) >= 11 is 4.78. The number of rotatable bonds is 3. The molecule has 0 aliphatic rings. The average molecular weight is 249 g/mol. The molecule has 0 aliphatic heterocycles. The minimum atomic E-state index is -0.227. The summed E-state index contributed by atoms with van der Waals surface area (Å²) in [6.45, 7) is 2.23. The second-order valence-electron chi connectivity index (χ2n) is 2.12. The van der Waals surface area contributed by atoms with Gasteiger partial charge in [0.25, 0.3) is 0 Å². The van der Waals surface area contributed by atoms with Gasteiger partial charge >= 0.3 is 5.97 Å². The van der Waals surface area contributed by atoms with E-state index >= 15 is 0 Å². The van der Waals surface area contributed by atoms with Gasteiger partial charge in [0.05, 0.1) is 6.61 Å². The molecule has 0 aromatic carbocycles. The zero-order chi connectivity index (χ0) is 8.97. The maximum atomic E-state index is 11.1. The minimum absolute atomic E-state index is 0.227. The molecule has 1 rings (SSSR count). The highest BCUT2D eigenvalue weighted by molar-refractivity contribution is 9.08. The van der Waals surface area contributed by atoms with Gasteiger partial charge in [-0.3, -0.25) is 0 Å². The summed E-state index contributed by atoms with van der Waals surface area (Å²) < 4.78 is 4.84. The largest absolute Gasteiger partial charge is 0.462 e. The van der Waals surface area contributed by atoms with Crippen LogP contribution in [0.2, 0.25) is 0 Å². The van der Waals surface area contributed by atoms with Crippen molar-refractivity contribution >= 4 is 33.2 Å². The fourth-order valence-electron chi connectivity index (χ4n) is 0.762. The van der Waals surface area contributed by atoms with Gasteiger partial charge < -0.3 is 4.74 Å². The molecule has 1 heterocycles. The van der Waals surface area contributed by atoms with Crippen LogP contribution in [0.5, 0.6) is 0 Å². The Morgan fingerprint density at radius 3 is 2.92 bits per heavy atom. The van der Waals surface area contributed by atoms with E-state index in [9.17, 15) is 4.79 Å². The van der Waals surface area contributed by atoms with Crippen LogP contribution in [-0.4, -0.2) is 12.6 Å². The minimum Gasteiger partial charge on any atom is -0.462 e. The predicted molar refractivity (Wildman–Crippen MR) is 52.9 cm³/mol. The molecule has 0 amide bonds. The molecule has 0 saturated carbocycles. The third kappa shape index (κ3) is 2.32. The molecule has 0 N–H and O–H groups in total. The standard InChI is InChI=1S/C8H9BrO2S/c1-2-11-8(10)7-4-3-6(5-9)12-7/h3-4H,2,5H2,1H3. The zero-order valence-electron chi connectivity index (χ0n) is 6.67. The number of alkyl halides is 1. The lowest BCUT2D eigenvalue weighted by atomic mass is 10.4. The summed E-state index contributed by atoms with van der Waals surface area (Å²) in [5.41, 5.74) is 0. The Bertz CT molecular complexity index is 270. The molecule has 4 heteroatoms. The first-order valence-electron chi connectivity index (χ1n) is 3.59. The van der Waals surface area contributed by atoms with Crippen LogP contribution in [0, 0.1) is 0 Å². The molecule has 12 heavy (non-hydrogen) atoms. The Balaban J connectivity index is 2.68. The van der Waals surface area contributed by atoms with Crippen molar-refractivity contribution in [1.82, 2.24) is 0 Å². The van der Waals surface area contributed by atoms with Crippen molar-refractivity contribution in [2.24, 2.45) is 0 Å². The zero-order valence-corrected chi connectivity index (χ0v) is 9.07. The third-order valence-electron chi connectivity index (χ3n) is 1.27. The van der Waals surface area contributed by atoms with Crippen LogP contribution in [0.4, 0.5) is 0 Å². The summed E-state index contributed by atoms with van der Waals surface area (Å²) in [5, 5.41) is 0.789. The van der Waals surface area contributed by atoms with Crippen molar-refractivity contribution in [3.8, 4) is 0 Å². The van der Waals surface area contributed by atoms with Crippen molar-refractivity contribution in [3.05, 3.63) is 21.9 Å². The number of ether oxygens (including phenoxy) is 1. The van der Waals surface area contributed by atoms with Gasteiger partial charge in [-0.2, -0.15) is 0 Å². The van der Waals surface area contributed by atoms with E-state index in [0.717, 1.165) is 10.2 Å². The number of thiophene rings is 1. The van der Waals surface area contributed by atoms with Gasteiger partial charge in [0.15, 0.2) is 0 Å². The molecular formula is C8H9BrO2S. The summed E-state index contributed by atoms with van der Waals surface area (Å²) in [6.07, 6.45) is 0. The first kappa shape index (κ1) is 9.74. The summed E-state index contributed by atoms with van der Waals surface area (Å²) in [5.74, 6) is -0.227. The molecule has 0 aliphatic carbocycles. The molecule has 0 fully saturated rings. The van der Waals surface area contributed by atoms with Crippen LogP contribution in [0.3, 0.4) is 0 Å². The Morgan fingerprint density at radius 1 is 1.67 bits per heavy atom. The smallest absolute Gasteiger partial charge is 0.348 e. The lowest BCUT2D eigenvalue weighted by molar-refractivity contribution is 0.0532. The highest BCUT2D eigenvalue weighted by Crippen LogP contribution is 2.19. The fraction of sp³-hybridized carbons (Fsp3) is 0.375. The first-order chi connectivity index (χ1) is 5.77. The summed E-state index contributed by atoms with van der Waals surface area (Å²) in [7, 11) is 0. The van der Waals surface area contributed by atoms with Crippen molar-refractivity contribution < 1.29 is 9.53 Å². The van der Waals surface area contributed by atoms with E-state index in [1.54, 1.807) is 13.0 Å². The van der Waals surface area contributed by atoms with E-state index < -0.39 is 0 Å². The van der Waals surface area contributed by atoms with Crippen LogP contribution in [0.1, 0.15) is 21.5 Å². The molecule has 0 saturated heterocycles. The van der Waals surface area contributed by atoms with Crippen LogP contribution in [0.15, 0.2) is 12.1 Å². The molecule has 1 aromatic heterocycles. The van der Waals surface area contributed by atoms with Gasteiger partial charge in [-0.15, -0.1) is 11.3 Å². The fourth-order valence-corrected chi connectivity index (χ4v) is 2.04. The van der Waals surface area contributed by atoms with Gasteiger partial charge in [0.2, 0.25) is 0 Å². The van der Waals surface area contributed by atoms with Crippen LogP contribution in [0.25, 0.3) is 0 Å². The molecule has 66 valence electrons. The Hall–Kier alpha value is -0.350. The highest BCUT2D eigenvalue weighted by atomic mass is 79.9. The average Bonchev–Trinajstić information content (AvgIpc) is 2.52. The van der Waals surface area contributed by atoms with Crippen LogP contribution < -0.4 is 0 Å². The van der Waals surface area contributed by atoms with Gasteiger partial charge in [0, 0.05) is 10.2 Å². The van der Waals surface area contributed by atoms with E-state index in [1.165, 1.54) is 11.3 Å². The highest BCUT2D eigenvalue weighted by Gasteiger charge is 2.08. The van der Waals surface area contributed by atoms with E-state index in [4.69, 9.17) is 4.74 Å². The van der Waals surface area contributed by atoms with Crippen LogP contribution >= 0.6 is 27.3 Å². The lowest BCUT2D eigenvalue weighted by Gasteiger charge is -1.96. The maximum Gasteiger partial charge on any atom is 0.348 e. The molecule has 0 atom stereocenters. The number of esters is 1. The van der Waals surface area contributed by atoms with E-state index in [-0.39, 0.29) is 5.97 Å². The van der Waals surface area contributed by atoms with Gasteiger partial charge in [0.1, 0.15) is 4.88 Å². The van der Waals surface area contributed by atoms with Crippen molar-refractivity contribution in [1.29, 1.82) is 0 Å². The summed E-state index contributed by atoms with van der Waals surface area (Å²) in [4.78, 5) is 13.0. The first-order valence-corrected chi connectivity index (χ1v) is 5.53. The molecule has 0 radical (unpaired) electrons. The SMILES string of the molecule is CCOC(=O)c1ccc(CBr)s1. The number of hydrogen-bond acceptors (Lipinski definition) is 3. The van der Waals surface area contributed by atoms with Crippen molar-refractivity contribution in [2.45, 2.75) is 12.3 Å². The van der Waals surface area contributed by atoms with E-state index in [0.29, 0.717) is 11.5 Å². The topological polar surface area (TPSA) is 26.3 Å². The normalized spacial score (nSPS) is 9.83. The van der Waals surface area contributed by atoms with Crippen molar-refractivity contribution in [2.75, 3.05) is 6.61 Å². The number of carbonyl (C=O) groups excluding carboxylic acids is 1. The molecule has 2 nitrogen and oxygen atoms in total. The summed E-state index contributed by atoms with van der Waals surface area (Å²) in [6, 6.07) is 3.71. The Morgan fingerprint density at radius 2 is 2.42 bits per heavy atom. The molecule has 0 unspecified atom stereocenters. The van der Waals surface area contributed by atoms with E-state index in [2.05, 4.69) is 15.9 Å². The van der Waals surface area contributed by atoms with Gasteiger partial charge in [-0.1, -0.05) is 15.9 Å². The van der Waals surface area contributed by atoms with Gasteiger partial charge in [-0.25, -0.2) is 4.79 Å². The maximum absolute atomic E-state index is 11.1. The quantitative estimate of drug-likeness (QED) is 0.608. The number of carbonyl (C=O) groups is 1. The molecule has 0 bridgehead atoms. The number of halogens is 1. The van der Waals surface area contributed by atoms with Crippen LogP contribution in [-0.2, 0) is 10.1 Å². The second-order valence-corrected chi connectivity index (χ2v) is 3.85. The third-order valence-corrected chi connectivity index (χ3v) is 3.31. The van der Waals surface area contributed by atoms with E-state index in [1.807, 2.05) is 6.07 Å². The monoisotopic (exact) mass is 248 g/mol. The molecule has 0 spiro atoms.